The normalized spacial score (nSPS) is 11.2. The number of sulfone groups is 1. The number of nitrogens with zero attached hydrogens (tertiary/aromatic N) is 1. The molecule has 6 nitrogen and oxygen atoms in total. The van der Waals surface area contributed by atoms with Crippen LogP contribution in [0, 0.1) is 17.0 Å². The van der Waals surface area contributed by atoms with Gasteiger partial charge in [0.1, 0.15) is 0 Å². The summed E-state index contributed by atoms with van der Waals surface area (Å²) in [6.45, 7) is 3.74. The summed E-state index contributed by atoms with van der Waals surface area (Å²) in [6.07, 6.45) is 0. The molecule has 0 aliphatic rings. The Labute approximate surface area is 135 Å². The van der Waals surface area contributed by atoms with Crippen molar-refractivity contribution in [3.63, 3.8) is 0 Å². The second-order valence-electron chi connectivity index (χ2n) is 5.10. The standard InChI is InChI=1S/C16H18N2O4S/c1-3-23(21,22)15-9-7-14(8-10-15)17-11-13-5-4-6-16(12(13)2)18(19)20/h4-10,17H,3,11H2,1-2H3. The Morgan fingerprint density at radius 2 is 1.78 bits per heavy atom. The van der Waals surface area contributed by atoms with Gasteiger partial charge in [0.25, 0.3) is 5.69 Å². The molecule has 7 heteroatoms. The highest BCUT2D eigenvalue weighted by Gasteiger charge is 2.13. The zero-order chi connectivity index (χ0) is 17.0. The Bertz CT molecular complexity index is 814. The summed E-state index contributed by atoms with van der Waals surface area (Å²) in [4.78, 5) is 10.8. The molecular formula is C16H18N2O4S. The first kappa shape index (κ1) is 17.0. The van der Waals surface area contributed by atoms with Gasteiger partial charge in [-0.05, 0) is 36.8 Å². The molecule has 0 bridgehead atoms. The van der Waals surface area contributed by atoms with Crippen LogP contribution in [0.3, 0.4) is 0 Å². The largest absolute Gasteiger partial charge is 0.381 e. The van der Waals surface area contributed by atoms with Crippen molar-refractivity contribution in [1.29, 1.82) is 0 Å². The Morgan fingerprint density at radius 1 is 1.13 bits per heavy atom. The highest BCUT2D eigenvalue weighted by Crippen LogP contribution is 2.22. The van der Waals surface area contributed by atoms with Crippen LogP contribution >= 0.6 is 0 Å². The van der Waals surface area contributed by atoms with Crippen molar-refractivity contribution in [2.75, 3.05) is 11.1 Å². The van der Waals surface area contributed by atoms with Crippen molar-refractivity contribution in [1.82, 2.24) is 0 Å². The third-order valence-corrected chi connectivity index (χ3v) is 5.44. The molecule has 0 atom stereocenters. The zero-order valence-electron chi connectivity index (χ0n) is 12.9. The Balaban J connectivity index is 2.13. The minimum atomic E-state index is -3.21. The smallest absolute Gasteiger partial charge is 0.272 e. The SMILES string of the molecule is CCS(=O)(=O)c1ccc(NCc2cccc([N+](=O)[O-])c2C)cc1. The van der Waals surface area contributed by atoms with E-state index in [0.717, 1.165) is 11.3 Å². The molecule has 1 N–H and O–H groups in total. The molecule has 0 spiro atoms. The number of hydrogen-bond donors (Lipinski definition) is 1. The lowest BCUT2D eigenvalue weighted by Crippen LogP contribution is -2.05. The van der Waals surface area contributed by atoms with Gasteiger partial charge in [-0.15, -0.1) is 0 Å². The summed E-state index contributed by atoms with van der Waals surface area (Å²) in [5.41, 5.74) is 2.29. The van der Waals surface area contributed by atoms with Gasteiger partial charge in [-0.25, -0.2) is 8.42 Å². The van der Waals surface area contributed by atoms with Crippen LogP contribution in [-0.2, 0) is 16.4 Å². The summed E-state index contributed by atoms with van der Waals surface area (Å²) < 4.78 is 23.5. The van der Waals surface area contributed by atoms with Gasteiger partial charge in [-0.3, -0.25) is 10.1 Å². The van der Waals surface area contributed by atoms with Gasteiger partial charge in [0.2, 0.25) is 0 Å². The van der Waals surface area contributed by atoms with Crippen LogP contribution in [0.4, 0.5) is 11.4 Å². The van der Waals surface area contributed by atoms with E-state index < -0.39 is 14.8 Å². The second-order valence-corrected chi connectivity index (χ2v) is 7.38. The van der Waals surface area contributed by atoms with Crippen LogP contribution in [0.15, 0.2) is 47.4 Å². The van der Waals surface area contributed by atoms with E-state index in [0.29, 0.717) is 12.1 Å². The average molecular weight is 334 g/mol. The molecule has 0 saturated heterocycles. The lowest BCUT2D eigenvalue weighted by atomic mass is 10.1. The molecule has 0 fully saturated rings. The van der Waals surface area contributed by atoms with E-state index in [1.807, 2.05) is 6.07 Å². The summed E-state index contributed by atoms with van der Waals surface area (Å²) >= 11 is 0. The molecule has 2 aromatic rings. The predicted octanol–water partition coefficient (Wildman–Crippen LogP) is 3.31. The fourth-order valence-corrected chi connectivity index (χ4v) is 3.09. The van der Waals surface area contributed by atoms with Crippen LogP contribution < -0.4 is 5.32 Å². The van der Waals surface area contributed by atoms with Crippen molar-refractivity contribution in [3.05, 3.63) is 63.7 Å². The van der Waals surface area contributed by atoms with Crippen molar-refractivity contribution in [2.24, 2.45) is 0 Å². The van der Waals surface area contributed by atoms with Crippen molar-refractivity contribution in [3.8, 4) is 0 Å². The topological polar surface area (TPSA) is 89.3 Å². The molecule has 0 radical (unpaired) electrons. The maximum atomic E-state index is 11.8. The molecule has 23 heavy (non-hydrogen) atoms. The Hall–Kier alpha value is -2.41. The Morgan fingerprint density at radius 3 is 2.35 bits per heavy atom. The fraction of sp³-hybridized carbons (Fsp3) is 0.250. The van der Waals surface area contributed by atoms with E-state index in [9.17, 15) is 18.5 Å². The van der Waals surface area contributed by atoms with E-state index in [1.165, 1.54) is 6.07 Å². The summed E-state index contributed by atoms with van der Waals surface area (Å²) in [5.74, 6) is 0.0622. The minimum Gasteiger partial charge on any atom is -0.381 e. The molecule has 2 rings (SSSR count). The van der Waals surface area contributed by atoms with Crippen LogP contribution in [-0.4, -0.2) is 19.1 Å². The number of nitro groups is 1. The number of nitrogens with one attached hydrogen (secondary N) is 1. The maximum Gasteiger partial charge on any atom is 0.272 e. The second kappa shape index (κ2) is 6.78. The van der Waals surface area contributed by atoms with Gasteiger partial charge in [0, 0.05) is 23.9 Å². The van der Waals surface area contributed by atoms with Crippen molar-refractivity contribution >= 4 is 21.2 Å². The minimum absolute atomic E-state index is 0.0622. The van der Waals surface area contributed by atoms with Gasteiger partial charge in [-0.2, -0.15) is 0 Å². The Kier molecular flexibility index (Phi) is 5.00. The van der Waals surface area contributed by atoms with Gasteiger partial charge in [0.15, 0.2) is 9.84 Å². The van der Waals surface area contributed by atoms with E-state index in [-0.39, 0.29) is 16.3 Å². The lowest BCUT2D eigenvalue weighted by molar-refractivity contribution is -0.385. The van der Waals surface area contributed by atoms with Gasteiger partial charge in [0.05, 0.1) is 15.6 Å². The molecule has 0 aliphatic carbocycles. The number of hydrogen-bond acceptors (Lipinski definition) is 5. The summed E-state index contributed by atoms with van der Waals surface area (Å²) in [7, 11) is -3.21. The molecule has 2 aromatic carbocycles. The molecule has 0 saturated carbocycles. The van der Waals surface area contributed by atoms with Gasteiger partial charge < -0.3 is 5.32 Å². The van der Waals surface area contributed by atoms with Crippen molar-refractivity contribution in [2.45, 2.75) is 25.3 Å². The number of rotatable bonds is 6. The molecule has 0 amide bonds. The van der Waals surface area contributed by atoms with Gasteiger partial charge in [-0.1, -0.05) is 19.1 Å². The van der Waals surface area contributed by atoms with E-state index >= 15 is 0 Å². The van der Waals surface area contributed by atoms with E-state index in [2.05, 4.69) is 5.32 Å². The molecule has 0 unspecified atom stereocenters. The monoisotopic (exact) mass is 334 g/mol. The van der Waals surface area contributed by atoms with Crippen LogP contribution in [0.25, 0.3) is 0 Å². The lowest BCUT2D eigenvalue weighted by Gasteiger charge is -2.10. The third kappa shape index (κ3) is 3.87. The third-order valence-electron chi connectivity index (χ3n) is 3.69. The zero-order valence-corrected chi connectivity index (χ0v) is 13.8. The van der Waals surface area contributed by atoms with Gasteiger partial charge >= 0.3 is 0 Å². The number of nitro benzene ring substituents is 1. The molecule has 0 aromatic heterocycles. The molecule has 0 heterocycles. The number of anilines is 1. The van der Waals surface area contributed by atoms with E-state index in [4.69, 9.17) is 0 Å². The number of benzene rings is 2. The maximum absolute atomic E-state index is 11.8. The molecule has 122 valence electrons. The van der Waals surface area contributed by atoms with E-state index in [1.54, 1.807) is 44.2 Å². The molecule has 0 aliphatic heterocycles. The first-order valence-corrected chi connectivity index (χ1v) is 8.80. The predicted molar refractivity (Wildman–Crippen MR) is 89.3 cm³/mol. The first-order valence-electron chi connectivity index (χ1n) is 7.14. The summed E-state index contributed by atoms with van der Waals surface area (Å²) in [5, 5.41) is 14.1. The van der Waals surface area contributed by atoms with Crippen LogP contribution in [0.5, 0.6) is 0 Å². The first-order chi connectivity index (χ1) is 10.8. The molecular weight excluding hydrogens is 316 g/mol. The van der Waals surface area contributed by atoms with Crippen LogP contribution in [0.2, 0.25) is 0 Å². The fourth-order valence-electron chi connectivity index (χ4n) is 2.20. The average Bonchev–Trinajstić information content (AvgIpc) is 2.54. The summed E-state index contributed by atoms with van der Waals surface area (Å²) in [6, 6.07) is 11.4. The van der Waals surface area contributed by atoms with Crippen molar-refractivity contribution < 1.29 is 13.3 Å². The highest BCUT2D eigenvalue weighted by atomic mass is 32.2. The highest BCUT2D eigenvalue weighted by molar-refractivity contribution is 7.91. The van der Waals surface area contributed by atoms with Crippen LogP contribution in [0.1, 0.15) is 18.1 Å². The quantitative estimate of drug-likeness (QED) is 0.646.